The summed E-state index contributed by atoms with van der Waals surface area (Å²) in [4.78, 5) is 0. The molecule has 0 aromatic heterocycles. The van der Waals surface area contributed by atoms with Gasteiger partial charge in [0.15, 0.2) is 5.11 Å². The monoisotopic (exact) mass is 187 g/mol. The molecule has 4 heteroatoms. The molecule has 0 radical (unpaired) electrons. The molecule has 70 valence electrons. The summed E-state index contributed by atoms with van der Waals surface area (Å²) in [7, 11) is 0. The molecule has 0 aliphatic heterocycles. The molecule has 1 saturated carbocycles. The van der Waals surface area contributed by atoms with Crippen LogP contribution in [0.5, 0.6) is 0 Å². The summed E-state index contributed by atoms with van der Waals surface area (Å²) < 4.78 is 0. The van der Waals surface area contributed by atoms with Gasteiger partial charge in [-0.1, -0.05) is 19.8 Å². The second-order valence-corrected chi connectivity index (χ2v) is 3.89. The number of nitrogens with two attached hydrogens (primary N) is 1. The van der Waals surface area contributed by atoms with Crippen LogP contribution in [0.2, 0.25) is 0 Å². The Bertz CT molecular complexity index is 160. The smallest absolute Gasteiger partial charge is 0.180 e. The zero-order valence-electron chi connectivity index (χ0n) is 7.47. The molecule has 0 aromatic rings. The number of hydrogen-bond acceptors (Lipinski definition) is 2. The van der Waals surface area contributed by atoms with Crippen LogP contribution in [-0.2, 0) is 0 Å². The Morgan fingerprint density at radius 1 is 1.42 bits per heavy atom. The Balaban J connectivity index is 2.33. The van der Waals surface area contributed by atoms with Crippen LogP contribution in [0.25, 0.3) is 0 Å². The van der Waals surface area contributed by atoms with Crippen molar-refractivity contribution < 1.29 is 0 Å². The van der Waals surface area contributed by atoms with Crippen molar-refractivity contribution in [2.75, 3.05) is 0 Å². The lowest BCUT2D eigenvalue weighted by Gasteiger charge is -2.30. The van der Waals surface area contributed by atoms with E-state index >= 15 is 0 Å². The zero-order valence-corrected chi connectivity index (χ0v) is 8.29. The van der Waals surface area contributed by atoms with E-state index in [0.29, 0.717) is 17.1 Å². The lowest BCUT2D eigenvalue weighted by atomic mass is 9.86. The van der Waals surface area contributed by atoms with Crippen LogP contribution in [0.4, 0.5) is 0 Å². The SMILES string of the molecule is C[C@H]1CCCC[C@@H]1NC(=S)NN. The third-order valence-corrected chi connectivity index (χ3v) is 2.79. The highest BCUT2D eigenvalue weighted by atomic mass is 32.1. The topological polar surface area (TPSA) is 50.1 Å². The first-order valence-electron chi connectivity index (χ1n) is 4.51. The first-order valence-corrected chi connectivity index (χ1v) is 4.92. The number of hydrogen-bond donors (Lipinski definition) is 3. The van der Waals surface area contributed by atoms with Crippen molar-refractivity contribution in [3.8, 4) is 0 Å². The van der Waals surface area contributed by atoms with Gasteiger partial charge in [-0.05, 0) is 31.0 Å². The van der Waals surface area contributed by atoms with Gasteiger partial charge in [0.05, 0.1) is 0 Å². The second-order valence-electron chi connectivity index (χ2n) is 3.49. The molecule has 1 rings (SSSR count). The fraction of sp³-hybridized carbons (Fsp3) is 0.875. The Hall–Kier alpha value is -0.350. The number of rotatable bonds is 1. The van der Waals surface area contributed by atoms with E-state index in [1.165, 1.54) is 25.7 Å². The van der Waals surface area contributed by atoms with Crippen LogP contribution in [0, 0.1) is 5.92 Å². The van der Waals surface area contributed by atoms with E-state index in [0.717, 1.165) is 0 Å². The average Bonchev–Trinajstić information content (AvgIpc) is 2.09. The fourth-order valence-electron chi connectivity index (χ4n) is 1.74. The summed E-state index contributed by atoms with van der Waals surface area (Å²) in [6, 6.07) is 0.516. The molecule has 1 fully saturated rings. The lowest BCUT2D eigenvalue weighted by Crippen LogP contribution is -2.48. The molecule has 4 N–H and O–H groups in total. The van der Waals surface area contributed by atoms with E-state index in [1.807, 2.05) is 0 Å². The van der Waals surface area contributed by atoms with E-state index in [9.17, 15) is 0 Å². The summed E-state index contributed by atoms with van der Waals surface area (Å²) in [5, 5.41) is 3.78. The van der Waals surface area contributed by atoms with E-state index < -0.39 is 0 Å². The molecule has 0 heterocycles. The summed E-state index contributed by atoms with van der Waals surface area (Å²) in [5.41, 5.74) is 2.45. The maximum atomic E-state index is 5.18. The van der Waals surface area contributed by atoms with Gasteiger partial charge in [-0.15, -0.1) is 0 Å². The number of thiocarbonyl (C=S) groups is 1. The largest absolute Gasteiger partial charge is 0.359 e. The molecular weight excluding hydrogens is 170 g/mol. The molecule has 0 amide bonds. The first kappa shape index (κ1) is 9.74. The summed E-state index contributed by atoms with van der Waals surface area (Å²) >= 11 is 4.94. The van der Waals surface area contributed by atoms with E-state index in [2.05, 4.69) is 17.7 Å². The van der Waals surface area contributed by atoms with E-state index in [1.54, 1.807) is 0 Å². The summed E-state index contributed by atoms with van der Waals surface area (Å²) in [6.45, 7) is 2.26. The highest BCUT2D eigenvalue weighted by Gasteiger charge is 2.21. The minimum Gasteiger partial charge on any atom is -0.359 e. The Morgan fingerprint density at radius 3 is 2.67 bits per heavy atom. The lowest BCUT2D eigenvalue weighted by molar-refractivity contribution is 0.308. The molecule has 0 unspecified atom stereocenters. The highest BCUT2D eigenvalue weighted by molar-refractivity contribution is 7.80. The Morgan fingerprint density at radius 2 is 2.08 bits per heavy atom. The minimum atomic E-state index is 0.516. The standard InChI is InChI=1S/C8H17N3S/c1-6-4-2-3-5-7(6)10-8(12)11-9/h6-7H,2-5,9H2,1H3,(H2,10,11,12)/t6-,7-/m0/s1. The highest BCUT2D eigenvalue weighted by Crippen LogP contribution is 2.23. The quantitative estimate of drug-likeness (QED) is 0.324. The van der Waals surface area contributed by atoms with Gasteiger partial charge in [-0.2, -0.15) is 0 Å². The van der Waals surface area contributed by atoms with Gasteiger partial charge in [0.1, 0.15) is 0 Å². The van der Waals surface area contributed by atoms with Gasteiger partial charge in [0, 0.05) is 6.04 Å². The summed E-state index contributed by atoms with van der Waals surface area (Å²) in [6.07, 6.45) is 5.16. The van der Waals surface area contributed by atoms with Crippen molar-refractivity contribution in [1.82, 2.24) is 10.7 Å². The van der Waals surface area contributed by atoms with Gasteiger partial charge in [0.25, 0.3) is 0 Å². The molecule has 0 spiro atoms. The molecule has 0 saturated heterocycles. The number of hydrazine groups is 1. The van der Waals surface area contributed by atoms with Crippen LogP contribution in [0.1, 0.15) is 32.6 Å². The predicted octanol–water partition coefficient (Wildman–Crippen LogP) is 0.903. The van der Waals surface area contributed by atoms with Gasteiger partial charge < -0.3 is 10.7 Å². The number of nitrogens with one attached hydrogen (secondary N) is 2. The van der Waals surface area contributed by atoms with Gasteiger partial charge in [-0.25, -0.2) is 5.84 Å². The van der Waals surface area contributed by atoms with Crippen molar-refractivity contribution in [1.29, 1.82) is 0 Å². The van der Waals surface area contributed by atoms with Crippen molar-refractivity contribution in [2.24, 2.45) is 11.8 Å². The third kappa shape index (κ3) is 2.60. The molecular formula is C8H17N3S. The first-order chi connectivity index (χ1) is 5.74. The molecule has 0 bridgehead atoms. The maximum absolute atomic E-state index is 5.18. The Labute approximate surface area is 79.1 Å². The van der Waals surface area contributed by atoms with Crippen molar-refractivity contribution in [3.05, 3.63) is 0 Å². The maximum Gasteiger partial charge on any atom is 0.180 e. The Kier molecular flexibility index (Phi) is 3.75. The van der Waals surface area contributed by atoms with Crippen molar-refractivity contribution >= 4 is 17.3 Å². The normalized spacial score (nSPS) is 29.5. The summed E-state index contributed by atoms with van der Waals surface area (Å²) in [5.74, 6) is 5.89. The predicted molar refractivity (Wildman–Crippen MR) is 54.5 cm³/mol. The van der Waals surface area contributed by atoms with Crippen molar-refractivity contribution in [2.45, 2.75) is 38.6 Å². The average molecular weight is 187 g/mol. The van der Waals surface area contributed by atoms with Crippen LogP contribution in [0.3, 0.4) is 0 Å². The molecule has 2 atom stereocenters. The molecule has 12 heavy (non-hydrogen) atoms. The molecule has 3 nitrogen and oxygen atoms in total. The van der Waals surface area contributed by atoms with Crippen LogP contribution < -0.4 is 16.6 Å². The third-order valence-electron chi connectivity index (χ3n) is 2.56. The molecule has 0 aromatic carbocycles. The van der Waals surface area contributed by atoms with E-state index in [4.69, 9.17) is 18.1 Å². The van der Waals surface area contributed by atoms with Gasteiger partial charge >= 0.3 is 0 Å². The minimum absolute atomic E-state index is 0.516. The van der Waals surface area contributed by atoms with E-state index in [-0.39, 0.29) is 0 Å². The van der Waals surface area contributed by atoms with Crippen molar-refractivity contribution in [3.63, 3.8) is 0 Å². The van der Waals surface area contributed by atoms with Crippen LogP contribution in [0.15, 0.2) is 0 Å². The fourth-order valence-corrected chi connectivity index (χ4v) is 1.89. The molecule has 1 aliphatic rings. The van der Waals surface area contributed by atoms with Crippen LogP contribution >= 0.6 is 12.2 Å². The zero-order chi connectivity index (χ0) is 8.97. The van der Waals surface area contributed by atoms with Gasteiger partial charge in [-0.3, -0.25) is 0 Å². The van der Waals surface area contributed by atoms with Gasteiger partial charge in [0.2, 0.25) is 0 Å². The van der Waals surface area contributed by atoms with Crippen LogP contribution in [-0.4, -0.2) is 11.2 Å². The second kappa shape index (κ2) is 4.62. The molecule has 1 aliphatic carbocycles.